The fourth-order valence-corrected chi connectivity index (χ4v) is 9.71. The van der Waals surface area contributed by atoms with Crippen LogP contribution in [0, 0.1) is 0 Å². The first-order valence-electron chi connectivity index (χ1n) is 18.6. The minimum atomic E-state index is -1.14. The number of fused-ring (bicyclic) bond motifs is 5. The molecule has 2 aromatic heterocycles. The van der Waals surface area contributed by atoms with Crippen LogP contribution in [-0.2, 0) is 42.9 Å². The topological polar surface area (TPSA) is 141 Å². The Bertz CT molecular complexity index is 1830. The van der Waals surface area contributed by atoms with Gasteiger partial charge in [0.1, 0.15) is 24.8 Å². The summed E-state index contributed by atoms with van der Waals surface area (Å²) in [7, 11) is 0. The highest BCUT2D eigenvalue weighted by Gasteiger charge is 2.50. The summed E-state index contributed by atoms with van der Waals surface area (Å²) in [6.45, 7) is 4.13. The number of rotatable bonds is 5. The number of nitrogen functional groups attached to an aromatic ring is 1. The molecule has 1 aromatic carbocycles. The predicted octanol–water partition coefficient (Wildman–Crippen LogP) is 3.44. The molecule has 6 aliphatic rings. The van der Waals surface area contributed by atoms with Gasteiger partial charge in [0.05, 0.1) is 42.2 Å². The number of halogens is 2. The molecule has 1 amide bonds. The van der Waals surface area contributed by atoms with E-state index in [-0.39, 0.29) is 24.4 Å². The highest BCUT2D eigenvalue weighted by Crippen LogP contribution is 2.47. The van der Waals surface area contributed by atoms with Gasteiger partial charge in [-0.25, -0.2) is 8.78 Å². The Balaban J connectivity index is 1.05. The second kappa shape index (κ2) is 12.7. The van der Waals surface area contributed by atoms with Crippen molar-refractivity contribution in [2.75, 3.05) is 50.0 Å². The Morgan fingerprint density at radius 2 is 1.94 bits per heavy atom. The monoisotopic (exact) mass is 703 g/mol. The van der Waals surface area contributed by atoms with Crippen molar-refractivity contribution >= 4 is 17.4 Å². The van der Waals surface area contributed by atoms with Crippen molar-refractivity contribution in [3.63, 3.8) is 0 Å². The molecule has 0 bridgehead atoms. The molecule has 0 saturated carbocycles. The highest BCUT2D eigenvalue weighted by molar-refractivity contribution is 5.92. The number of hydrogen-bond donors (Lipinski definition) is 2. The lowest BCUT2D eigenvalue weighted by atomic mass is 9.74. The van der Waals surface area contributed by atoms with Crippen molar-refractivity contribution in [2.45, 2.75) is 107 Å². The number of benzene rings is 1. The van der Waals surface area contributed by atoms with E-state index < -0.39 is 24.0 Å². The standard InChI is InChI=1S/C37H47F2N9O3/c38-24-12-27(41)19-46(17-24)34(49)31-14-28-20-45(9-3-11-48(28)44-31)33-29-21-51-37(8-1-4-23-5-6-26(40)13-30(23)37)16-32(29)42-35(43-33)50-22-36-7-2-10-47(36)18-25(39)15-36/h5-6,13-14,24-25,27H,1-4,7-12,15-22,40-41H2. The molecule has 3 fully saturated rings. The average molecular weight is 704 g/mol. The molecule has 5 atom stereocenters. The molecule has 12 nitrogen and oxygen atoms in total. The number of anilines is 2. The number of ether oxygens (including phenoxy) is 2. The van der Waals surface area contributed by atoms with Crippen LogP contribution in [0.2, 0.25) is 0 Å². The fourth-order valence-electron chi connectivity index (χ4n) is 9.71. The minimum absolute atomic E-state index is 0.0281. The third-order valence-electron chi connectivity index (χ3n) is 12.1. The Kier molecular flexibility index (Phi) is 8.19. The number of likely N-dealkylation sites (tertiary alicyclic amines) is 1. The summed E-state index contributed by atoms with van der Waals surface area (Å²) in [4.78, 5) is 29.5. The smallest absolute Gasteiger partial charge is 0.318 e. The largest absolute Gasteiger partial charge is 0.461 e. The van der Waals surface area contributed by atoms with Crippen LogP contribution in [0.1, 0.15) is 83.5 Å². The van der Waals surface area contributed by atoms with Crippen molar-refractivity contribution in [1.29, 1.82) is 0 Å². The summed E-state index contributed by atoms with van der Waals surface area (Å²) in [6.07, 6.45) is 4.83. The number of alkyl halides is 2. The van der Waals surface area contributed by atoms with Crippen LogP contribution in [0.5, 0.6) is 6.01 Å². The normalized spacial score (nSPS) is 30.5. The van der Waals surface area contributed by atoms with Crippen LogP contribution in [0.15, 0.2) is 24.3 Å². The van der Waals surface area contributed by atoms with Gasteiger partial charge in [-0.05, 0) is 80.8 Å². The molecule has 3 aromatic rings. The zero-order valence-corrected chi connectivity index (χ0v) is 29.0. The van der Waals surface area contributed by atoms with Crippen LogP contribution >= 0.6 is 0 Å². The van der Waals surface area contributed by atoms with Crippen molar-refractivity contribution in [2.24, 2.45) is 5.73 Å². The molecule has 0 radical (unpaired) electrons. The molecule has 9 rings (SSSR count). The Morgan fingerprint density at radius 1 is 1.04 bits per heavy atom. The van der Waals surface area contributed by atoms with Gasteiger partial charge in [0, 0.05) is 56.3 Å². The van der Waals surface area contributed by atoms with Gasteiger partial charge in [-0.3, -0.25) is 14.4 Å². The molecule has 5 aliphatic heterocycles. The Labute approximate surface area is 296 Å². The lowest BCUT2D eigenvalue weighted by Crippen LogP contribution is -2.50. The van der Waals surface area contributed by atoms with E-state index >= 15 is 0 Å². The second-order valence-electron chi connectivity index (χ2n) is 15.7. The molecule has 7 heterocycles. The van der Waals surface area contributed by atoms with Gasteiger partial charge in [-0.2, -0.15) is 15.1 Å². The third-order valence-corrected chi connectivity index (χ3v) is 12.1. The van der Waals surface area contributed by atoms with E-state index in [2.05, 4.69) is 27.0 Å². The Hall–Kier alpha value is -3.88. The zero-order valence-electron chi connectivity index (χ0n) is 29.0. The van der Waals surface area contributed by atoms with Crippen molar-refractivity contribution in [3.8, 4) is 6.01 Å². The predicted molar refractivity (Wildman–Crippen MR) is 186 cm³/mol. The van der Waals surface area contributed by atoms with E-state index in [1.54, 1.807) is 0 Å². The SMILES string of the molecule is Nc1ccc2c(c1)C1(CCC2)Cc2nc(OCC34CCCN3CC(F)C4)nc(N3CCCn4nc(C(=O)N5CC(N)CC(F)C5)cc4C3)c2CO1. The maximum atomic E-state index is 14.6. The maximum Gasteiger partial charge on any atom is 0.318 e. The first kappa shape index (κ1) is 33.0. The molecule has 1 spiro atoms. The van der Waals surface area contributed by atoms with Gasteiger partial charge in [-0.1, -0.05) is 6.07 Å². The summed E-state index contributed by atoms with van der Waals surface area (Å²) in [6, 6.07) is 7.85. The average Bonchev–Trinajstić information content (AvgIpc) is 3.73. The number of carbonyl (C=O) groups is 1. The summed E-state index contributed by atoms with van der Waals surface area (Å²) in [5.74, 6) is 0.443. The van der Waals surface area contributed by atoms with Crippen LogP contribution in [0.3, 0.4) is 0 Å². The molecule has 272 valence electrons. The highest BCUT2D eigenvalue weighted by atomic mass is 19.1. The number of nitrogens with two attached hydrogens (primary N) is 2. The van der Waals surface area contributed by atoms with E-state index in [0.717, 1.165) is 73.4 Å². The first-order valence-corrected chi connectivity index (χ1v) is 18.6. The van der Waals surface area contributed by atoms with Gasteiger partial charge < -0.3 is 30.7 Å². The molecule has 4 N–H and O–H groups in total. The number of nitrogens with zero attached hydrogens (tertiary/aromatic N) is 7. The zero-order chi connectivity index (χ0) is 34.9. The van der Waals surface area contributed by atoms with Gasteiger partial charge in [0.15, 0.2) is 5.69 Å². The van der Waals surface area contributed by atoms with E-state index in [0.29, 0.717) is 76.2 Å². The molecular weight excluding hydrogens is 656 g/mol. The number of carbonyl (C=O) groups excluding carboxylic acids is 1. The van der Waals surface area contributed by atoms with Crippen LogP contribution in [-0.4, -0.2) is 98.7 Å². The number of aromatic nitrogens is 4. The quantitative estimate of drug-likeness (QED) is 0.380. The van der Waals surface area contributed by atoms with Crippen LogP contribution in [0.4, 0.5) is 20.3 Å². The van der Waals surface area contributed by atoms with Gasteiger partial charge in [0.25, 0.3) is 5.91 Å². The van der Waals surface area contributed by atoms with Gasteiger partial charge in [-0.15, -0.1) is 0 Å². The molecule has 51 heavy (non-hydrogen) atoms. The van der Waals surface area contributed by atoms with Crippen molar-refractivity contribution in [3.05, 3.63) is 58.0 Å². The molecule has 1 aliphatic carbocycles. The third kappa shape index (κ3) is 5.92. The van der Waals surface area contributed by atoms with E-state index in [1.165, 1.54) is 10.5 Å². The second-order valence-corrected chi connectivity index (χ2v) is 15.7. The van der Waals surface area contributed by atoms with Crippen LogP contribution in [0.25, 0.3) is 0 Å². The van der Waals surface area contributed by atoms with Gasteiger partial charge in [0.2, 0.25) is 0 Å². The van der Waals surface area contributed by atoms with Crippen LogP contribution < -0.4 is 21.1 Å². The maximum absolute atomic E-state index is 14.6. The van der Waals surface area contributed by atoms with Crippen molar-refractivity contribution < 1.29 is 23.0 Å². The molecular formula is C37H47F2N9O3. The lowest BCUT2D eigenvalue weighted by molar-refractivity contribution is -0.0855. The van der Waals surface area contributed by atoms with Crippen molar-refractivity contribution in [1.82, 2.24) is 29.5 Å². The number of piperidine rings is 1. The number of hydrogen-bond acceptors (Lipinski definition) is 10. The summed E-state index contributed by atoms with van der Waals surface area (Å²) >= 11 is 0. The lowest BCUT2D eigenvalue weighted by Gasteiger charge is -2.43. The van der Waals surface area contributed by atoms with Gasteiger partial charge >= 0.3 is 6.01 Å². The number of amides is 1. The summed E-state index contributed by atoms with van der Waals surface area (Å²) in [5, 5.41) is 4.67. The molecule has 5 unspecified atom stereocenters. The van der Waals surface area contributed by atoms with E-state index in [4.69, 9.17) is 30.9 Å². The van der Waals surface area contributed by atoms with E-state index in [9.17, 15) is 13.6 Å². The Morgan fingerprint density at radius 3 is 2.82 bits per heavy atom. The molecule has 14 heteroatoms. The first-order chi connectivity index (χ1) is 24.7. The number of aryl methyl sites for hydroxylation is 2. The summed E-state index contributed by atoms with van der Waals surface area (Å²) < 4.78 is 44.2. The fraction of sp³-hybridized carbons (Fsp3) is 0.622. The molecule has 3 saturated heterocycles. The minimum Gasteiger partial charge on any atom is -0.461 e. The summed E-state index contributed by atoms with van der Waals surface area (Å²) in [5.41, 5.74) is 17.5. The van der Waals surface area contributed by atoms with E-state index in [1.807, 2.05) is 16.8 Å².